The van der Waals surface area contributed by atoms with E-state index in [0.717, 1.165) is 44.1 Å². The molecule has 0 unspecified atom stereocenters. The summed E-state index contributed by atoms with van der Waals surface area (Å²) in [4.78, 5) is 0. The molecule has 98 valence electrons. The zero-order valence-corrected chi connectivity index (χ0v) is 11.4. The third-order valence-electron chi connectivity index (χ3n) is 3.86. The second-order valence-electron chi connectivity index (χ2n) is 5.45. The van der Waals surface area contributed by atoms with Crippen LogP contribution >= 0.6 is 0 Å². The number of rotatable bonds is 3. The van der Waals surface area contributed by atoms with Crippen LogP contribution in [0.3, 0.4) is 0 Å². The lowest BCUT2D eigenvalue weighted by atomic mass is 9.95. The quantitative estimate of drug-likeness (QED) is 0.889. The second-order valence-corrected chi connectivity index (χ2v) is 5.45. The molecule has 0 fully saturated rings. The van der Waals surface area contributed by atoms with E-state index < -0.39 is 0 Å². The highest BCUT2D eigenvalue weighted by molar-refractivity contribution is 5.61. The van der Waals surface area contributed by atoms with Gasteiger partial charge in [-0.05, 0) is 12.5 Å². The smallest absolute Gasteiger partial charge is 0.127 e. The fourth-order valence-corrected chi connectivity index (χ4v) is 2.93. The molecule has 0 bridgehead atoms. The Bertz CT molecular complexity index is 445. The van der Waals surface area contributed by atoms with Gasteiger partial charge in [-0.2, -0.15) is 0 Å². The predicted molar refractivity (Wildman–Crippen MR) is 71.6 cm³/mol. The second kappa shape index (κ2) is 4.47. The first-order valence-electron chi connectivity index (χ1n) is 6.84. The first-order chi connectivity index (χ1) is 8.68. The molecule has 3 heteroatoms. The fraction of sp³-hybridized carbons (Fsp3) is 0.600. The first kappa shape index (κ1) is 11.8. The first-order valence-corrected chi connectivity index (χ1v) is 6.84. The highest BCUT2D eigenvalue weighted by Crippen LogP contribution is 2.43. The van der Waals surface area contributed by atoms with Crippen molar-refractivity contribution in [2.75, 3.05) is 13.2 Å². The Morgan fingerprint density at radius 2 is 1.72 bits per heavy atom. The zero-order chi connectivity index (χ0) is 12.7. The van der Waals surface area contributed by atoms with Crippen molar-refractivity contribution in [3.63, 3.8) is 0 Å². The van der Waals surface area contributed by atoms with Gasteiger partial charge in [-0.1, -0.05) is 13.8 Å². The minimum Gasteiger partial charge on any atom is -0.493 e. The van der Waals surface area contributed by atoms with Crippen molar-refractivity contribution < 1.29 is 9.47 Å². The van der Waals surface area contributed by atoms with Gasteiger partial charge >= 0.3 is 0 Å². The normalized spacial score (nSPS) is 16.4. The third-order valence-corrected chi connectivity index (χ3v) is 3.86. The average molecular weight is 247 g/mol. The van der Waals surface area contributed by atoms with E-state index in [4.69, 9.17) is 9.47 Å². The van der Waals surface area contributed by atoms with Crippen molar-refractivity contribution in [1.82, 2.24) is 5.32 Å². The SMILES string of the molecule is Cc1c2c(c(CNC(C)C)c3c1OCC3)OCC2. The monoisotopic (exact) mass is 247 g/mol. The van der Waals surface area contributed by atoms with Gasteiger partial charge in [0.25, 0.3) is 0 Å². The van der Waals surface area contributed by atoms with E-state index >= 15 is 0 Å². The number of ether oxygens (including phenoxy) is 2. The minimum atomic E-state index is 0.487. The molecule has 2 heterocycles. The molecule has 0 radical (unpaired) electrons. The molecular weight excluding hydrogens is 226 g/mol. The van der Waals surface area contributed by atoms with Crippen LogP contribution in [0.2, 0.25) is 0 Å². The van der Waals surface area contributed by atoms with Gasteiger partial charge in [0.2, 0.25) is 0 Å². The molecule has 0 aliphatic carbocycles. The van der Waals surface area contributed by atoms with Crippen LogP contribution in [-0.4, -0.2) is 19.3 Å². The summed E-state index contributed by atoms with van der Waals surface area (Å²) >= 11 is 0. The van der Waals surface area contributed by atoms with Crippen LogP contribution in [-0.2, 0) is 19.4 Å². The number of fused-ring (bicyclic) bond motifs is 2. The third kappa shape index (κ3) is 1.77. The standard InChI is InChI=1S/C15H21NO2/c1-9(2)16-8-13-12-5-7-17-14(12)10(3)11-4-6-18-15(11)13/h9,16H,4-8H2,1-3H3. The largest absolute Gasteiger partial charge is 0.493 e. The van der Waals surface area contributed by atoms with Gasteiger partial charge in [-0.25, -0.2) is 0 Å². The van der Waals surface area contributed by atoms with Crippen LogP contribution < -0.4 is 14.8 Å². The van der Waals surface area contributed by atoms with Crippen LogP contribution in [0, 0.1) is 6.92 Å². The lowest BCUT2D eigenvalue weighted by Gasteiger charge is -2.17. The molecule has 2 aliphatic heterocycles. The number of hydrogen-bond donors (Lipinski definition) is 1. The highest BCUT2D eigenvalue weighted by atomic mass is 16.5. The summed E-state index contributed by atoms with van der Waals surface area (Å²) in [5.74, 6) is 2.25. The maximum atomic E-state index is 5.87. The van der Waals surface area contributed by atoms with Crippen LogP contribution in [0.15, 0.2) is 0 Å². The molecule has 0 saturated carbocycles. The van der Waals surface area contributed by atoms with Crippen molar-refractivity contribution in [2.45, 2.75) is 46.2 Å². The van der Waals surface area contributed by atoms with Crippen LogP contribution in [0.1, 0.15) is 36.1 Å². The average Bonchev–Trinajstić information content (AvgIpc) is 2.95. The van der Waals surface area contributed by atoms with E-state index in [9.17, 15) is 0 Å². The molecule has 0 aromatic heterocycles. The van der Waals surface area contributed by atoms with Crippen molar-refractivity contribution in [3.8, 4) is 11.5 Å². The Kier molecular flexibility index (Phi) is 2.94. The summed E-state index contributed by atoms with van der Waals surface area (Å²) in [5, 5.41) is 3.51. The number of hydrogen-bond acceptors (Lipinski definition) is 3. The van der Waals surface area contributed by atoms with Crippen molar-refractivity contribution in [1.29, 1.82) is 0 Å². The van der Waals surface area contributed by atoms with Crippen LogP contribution in [0.4, 0.5) is 0 Å². The lowest BCUT2D eigenvalue weighted by molar-refractivity contribution is 0.351. The van der Waals surface area contributed by atoms with Gasteiger partial charge in [-0.15, -0.1) is 0 Å². The summed E-state index contributed by atoms with van der Waals surface area (Å²) < 4.78 is 11.7. The molecule has 0 saturated heterocycles. The van der Waals surface area contributed by atoms with Gasteiger partial charge in [0.05, 0.1) is 13.2 Å². The van der Waals surface area contributed by atoms with Crippen LogP contribution in [0.5, 0.6) is 11.5 Å². The molecule has 0 spiro atoms. The molecular formula is C15H21NO2. The summed E-state index contributed by atoms with van der Waals surface area (Å²) in [7, 11) is 0. The zero-order valence-electron chi connectivity index (χ0n) is 11.4. The van der Waals surface area contributed by atoms with Gasteiger partial charge in [0, 0.05) is 42.1 Å². The molecule has 1 aromatic rings. The Labute approximate surface area is 108 Å². The van der Waals surface area contributed by atoms with E-state index in [2.05, 4.69) is 26.1 Å². The van der Waals surface area contributed by atoms with Gasteiger partial charge in [0.15, 0.2) is 0 Å². The highest BCUT2D eigenvalue weighted by Gasteiger charge is 2.29. The van der Waals surface area contributed by atoms with Gasteiger partial charge in [0.1, 0.15) is 11.5 Å². The molecule has 0 atom stereocenters. The molecule has 2 aliphatic rings. The lowest BCUT2D eigenvalue weighted by Crippen LogP contribution is -2.23. The van der Waals surface area contributed by atoms with E-state index in [1.165, 1.54) is 22.3 Å². The summed E-state index contributed by atoms with van der Waals surface area (Å²) in [6, 6.07) is 0.487. The fourth-order valence-electron chi connectivity index (χ4n) is 2.93. The van der Waals surface area contributed by atoms with Gasteiger partial charge < -0.3 is 14.8 Å². The predicted octanol–water partition coefficient (Wildman–Crippen LogP) is 2.36. The Hall–Kier alpha value is -1.22. The Balaban J connectivity index is 2.06. The van der Waals surface area contributed by atoms with Crippen LogP contribution in [0.25, 0.3) is 0 Å². The van der Waals surface area contributed by atoms with Crippen molar-refractivity contribution in [3.05, 3.63) is 22.3 Å². The van der Waals surface area contributed by atoms with E-state index in [1.54, 1.807) is 0 Å². The molecule has 3 rings (SSSR count). The summed E-state index contributed by atoms with van der Waals surface area (Å²) in [6.45, 7) is 9.02. The molecule has 1 N–H and O–H groups in total. The molecule has 3 nitrogen and oxygen atoms in total. The maximum Gasteiger partial charge on any atom is 0.127 e. The Morgan fingerprint density at radius 1 is 1.06 bits per heavy atom. The molecule has 0 amide bonds. The van der Waals surface area contributed by atoms with Crippen molar-refractivity contribution in [2.24, 2.45) is 0 Å². The molecule has 1 aromatic carbocycles. The minimum absolute atomic E-state index is 0.487. The summed E-state index contributed by atoms with van der Waals surface area (Å²) in [5.41, 5.74) is 5.34. The molecule has 18 heavy (non-hydrogen) atoms. The van der Waals surface area contributed by atoms with E-state index in [1.807, 2.05) is 0 Å². The van der Waals surface area contributed by atoms with E-state index in [0.29, 0.717) is 6.04 Å². The number of nitrogens with one attached hydrogen (secondary N) is 1. The summed E-state index contributed by atoms with van der Waals surface area (Å²) in [6.07, 6.45) is 2.04. The number of benzene rings is 1. The van der Waals surface area contributed by atoms with Gasteiger partial charge in [-0.3, -0.25) is 0 Å². The topological polar surface area (TPSA) is 30.5 Å². The maximum absolute atomic E-state index is 5.87. The Morgan fingerprint density at radius 3 is 2.44 bits per heavy atom. The van der Waals surface area contributed by atoms with E-state index in [-0.39, 0.29) is 0 Å². The van der Waals surface area contributed by atoms with Crippen molar-refractivity contribution >= 4 is 0 Å².